The average Bonchev–Trinajstić information content (AvgIpc) is 2.31. The molecule has 0 aliphatic heterocycles. The fourth-order valence-corrected chi connectivity index (χ4v) is 1.73. The molecular formula is C14H28O4. The maximum absolute atomic E-state index is 11.2. The summed E-state index contributed by atoms with van der Waals surface area (Å²) in [5.41, 5.74) is 0. The average molecular weight is 260 g/mol. The first-order valence-electron chi connectivity index (χ1n) is 7.08. The highest BCUT2D eigenvalue weighted by molar-refractivity contribution is 5.69. The molecule has 0 spiro atoms. The summed E-state index contributed by atoms with van der Waals surface area (Å²) in [6, 6.07) is 0. The summed E-state index contributed by atoms with van der Waals surface area (Å²) in [4.78, 5) is 11.2. The third kappa shape index (κ3) is 11.9. The van der Waals surface area contributed by atoms with Crippen molar-refractivity contribution in [3.8, 4) is 0 Å². The lowest BCUT2D eigenvalue weighted by Gasteiger charge is -2.11. The summed E-state index contributed by atoms with van der Waals surface area (Å²) in [5, 5.41) is 18.6. The third-order valence-electron chi connectivity index (χ3n) is 2.78. The van der Waals surface area contributed by atoms with E-state index in [1.54, 1.807) is 6.92 Å². The first-order chi connectivity index (χ1) is 8.56. The molecule has 2 atom stereocenters. The molecule has 0 saturated heterocycles. The number of hydrogen-bond donors (Lipinski definition) is 2. The Labute approximate surface area is 110 Å². The van der Waals surface area contributed by atoms with E-state index in [0.717, 1.165) is 12.8 Å². The van der Waals surface area contributed by atoms with E-state index in [1.165, 1.54) is 25.7 Å². The van der Waals surface area contributed by atoms with Crippen molar-refractivity contribution in [2.45, 2.75) is 77.4 Å². The van der Waals surface area contributed by atoms with E-state index in [1.807, 2.05) is 0 Å². The van der Waals surface area contributed by atoms with Crippen LogP contribution in [0.4, 0.5) is 0 Å². The molecule has 0 saturated carbocycles. The lowest BCUT2D eigenvalue weighted by Crippen LogP contribution is -2.20. The summed E-state index contributed by atoms with van der Waals surface area (Å²) in [6.07, 6.45) is 6.44. The van der Waals surface area contributed by atoms with Gasteiger partial charge >= 0.3 is 5.97 Å². The predicted octanol–water partition coefficient (Wildman–Crippen LogP) is 2.41. The molecule has 0 aliphatic rings. The number of rotatable bonds is 11. The van der Waals surface area contributed by atoms with E-state index in [-0.39, 0.29) is 13.0 Å². The number of esters is 1. The quantitative estimate of drug-likeness (QED) is 0.442. The molecule has 0 heterocycles. The SMILES string of the molecule is CCCCCCCCC(O)CC(=O)OCC(C)O. The van der Waals surface area contributed by atoms with Gasteiger partial charge in [0.2, 0.25) is 0 Å². The topological polar surface area (TPSA) is 66.8 Å². The van der Waals surface area contributed by atoms with Gasteiger partial charge in [-0.05, 0) is 13.3 Å². The highest BCUT2D eigenvalue weighted by Crippen LogP contribution is 2.10. The predicted molar refractivity (Wildman–Crippen MR) is 71.3 cm³/mol. The number of aliphatic hydroxyl groups excluding tert-OH is 2. The number of unbranched alkanes of at least 4 members (excludes halogenated alkanes) is 5. The van der Waals surface area contributed by atoms with E-state index < -0.39 is 18.2 Å². The van der Waals surface area contributed by atoms with E-state index in [2.05, 4.69) is 6.92 Å². The van der Waals surface area contributed by atoms with Crippen molar-refractivity contribution in [2.75, 3.05) is 6.61 Å². The van der Waals surface area contributed by atoms with Crippen molar-refractivity contribution >= 4 is 5.97 Å². The molecular weight excluding hydrogens is 232 g/mol. The van der Waals surface area contributed by atoms with Crippen LogP contribution in [-0.2, 0) is 9.53 Å². The second kappa shape index (κ2) is 11.5. The number of ether oxygens (including phenoxy) is 1. The van der Waals surface area contributed by atoms with E-state index in [0.29, 0.717) is 6.42 Å². The molecule has 2 unspecified atom stereocenters. The minimum absolute atomic E-state index is 0.00255. The Kier molecular flexibility index (Phi) is 11.1. The van der Waals surface area contributed by atoms with Gasteiger partial charge in [-0.2, -0.15) is 0 Å². The third-order valence-corrected chi connectivity index (χ3v) is 2.78. The summed E-state index contributed by atoms with van der Waals surface area (Å²) in [6.45, 7) is 3.74. The van der Waals surface area contributed by atoms with Crippen molar-refractivity contribution in [1.29, 1.82) is 0 Å². The van der Waals surface area contributed by atoms with Crippen LogP contribution >= 0.6 is 0 Å². The molecule has 0 aromatic rings. The lowest BCUT2D eigenvalue weighted by molar-refractivity contribution is -0.148. The molecule has 0 amide bonds. The van der Waals surface area contributed by atoms with Gasteiger partial charge in [0.25, 0.3) is 0 Å². The Bertz CT molecular complexity index is 204. The fourth-order valence-electron chi connectivity index (χ4n) is 1.73. The van der Waals surface area contributed by atoms with Gasteiger partial charge in [-0.25, -0.2) is 0 Å². The molecule has 0 fully saturated rings. The standard InChI is InChI=1S/C14H28O4/c1-3-4-5-6-7-8-9-13(16)10-14(17)18-11-12(2)15/h12-13,15-16H,3-11H2,1-2H3. The minimum Gasteiger partial charge on any atom is -0.463 e. The van der Waals surface area contributed by atoms with Gasteiger partial charge in [-0.3, -0.25) is 4.79 Å². The first kappa shape index (κ1) is 17.4. The first-order valence-corrected chi connectivity index (χ1v) is 7.08. The summed E-state index contributed by atoms with van der Waals surface area (Å²) < 4.78 is 4.78. The molecule has 0 radical (unpaired) electrons. The summed E-state index contributed by atoms with van der Waals surface area (Å²) in [5.74, 6) is -0.436. The van der Waals surface area contributed by atoms with Crippen molar-refractivity contribution in [3.63, 3.8) is 0 Å². The number of carbonyl (C=O) groups excluding carboxylic acids is 1. The van der Waals surface area contributed by atoms with Gasteiger partial charge in [0.05, 0.1) is 18.6 Å². The largest absolute Gasteiger partial charge is 0.463 e. The molecule has 4 nitrogen and oxygen atoms in total. The van der Waals surface area contributed by atoms with Gasteiger partial charge in [-0.15, -0.1) is 0 Å². The Hall–Kier alpha value is -0.610. The monoisotopic (exact) mass is 260 g/mol. The number of hydrogen-bond acceptors (Lipinski definition) is 4. The van der Waals surface area contributed by atoms with Crippen molar-refractivity contribution in [3.05, 3.63) is 0 Å². The Morgan fingerprint density at radius 3 is 2.33 bits per heavy atom. The Morgan fingerprint density at radius 2 is 1.72 bits per heavy atom. The zero-order valence-electron chi connectivity index (χ0n) is 11.7. The fraction of sp³-hybridized carbons (Fsp3) is 0.929. The van der Waals surface area contributed by atoms with Crippen LogP contribution in [0.25, 0.3) is 0 Å². The van der Waals surface area contributed by atoms with Crippen LogP contribution in [0.3, 0.4) is 0 Å². The highest BCUT2D eigenvalue weighted by Gasteiger charge is 2.12. The number of aliphatic hydroxyl groups is 2. The molecule has 0 aromatic heterocycles. The summed E-state index contributed by atoms with van der Waals surface area (Å²) >= 11 is 0. The molecule has 0 bridgehead atoms. The molecule has 0 rings (SSSR count). The van der Waals surface area contributed by atoms with Gasteiger partial charge in [-0.1, -0.05) is 45.4 Å². The second-order valence-corrected chi connectivity index (χ2v) is 4.95. The van der Waals surface area contributed by atoms with E-state index >= 15 is 0 Å². The number of carbonyl (C=O) groups is 1. The van der Waals surface area contributed by atoms with E-state index in [4.69, 9.17) is 9.84 Å². The van der Waals surface area contributed by atoms with E-state index in [9.17, 15) is 9.90 Å². The Morgan fingerprint density at radius 1 is 1.11 bits per heavy atom. The lowest BCUT2D eigenvalue weighted by atomic mass is 10.1. The molecule has 2 N–H and O–H groups in total. The maximum Gasteiger partial charge on any atom is 0.308 e. The van der Waals surface area contributed by atoms with Crippen molar-refractivity contribution in [1.82, 2.24) is 0 Å². The molecule has 108 valence electrons. The molecule has 0 aromatic carbocycles. The van der Waals surface area contributed by atoms with Crippen LogP contribution in [0.15, 0.2) is 0 Å². The van der Waals surface area contributed by atoms with Gasteiger partial charge < -0.3 is 14.9 Å². The van der Waals surface area contributed by atoms with Crippen LogP contribution in [0.1, 0.15) is 65.2 Å². The normalized spacial score (nSPS) is 14.2. The van der Waals surface area contributed by atoms with Crippen LogP contribution in [0, 0.1) is 0 Å². The smallest absolute Gasteiger partial charge is 0.308 e. The second-order valence-electron chi connectivity index (χ2n) is 4.95. The molecule has 18 heavy (non-hydrogen) atoms. The minimum atomic E-state index is -0.648. The van der Waals surface area contributed by atoms with Gasteiger partial charge in [0.15, 0.2) is 0 Å². The zero-order valence-corrected chi connectivity index (χ0v) is 11.7. The zero-order chi connectivity index (χ0) is 13.8. The molecule has 4 heteroatoms. The van der Waals surface area contributed by atoms with Gasteiger partial charge in [0, 0.05) is 0 Å². The summed E-state index contributed by atoms with van der Waals surface area (Å²) in [7, 11) is 0. The van der Waals surface area contributed by atoms with Gasteiger partial charge in [0.1, 0.15) is 6.61 Å². The van der Waals surface area contributed by atoms with Crippen LogP contribution in [0.5, 0.6) is 0 Å². The van der Waals surface area contributed by atoms with Crippen LogP contribution in [-0.4, -0.2) is 35.0 Å². The highest BCUT2D eigenvalue weighted by atomic mass is 16.5. The van der Waals surface area contributed by atoms with Crippen LogP contribution in [0.2, 0.25) is 0 Å². The Balaban J connectivity index is 3.41. The molecule has 0 aliphatic carbocycles. The van der Waals surface area contributed by atoms with Crippen LogP contribution < -0.4 is 0 Å². The van der Waals surface area contributed by atoms with Crippen molar-refractivity contribution < 1.29 is 19.7 Å². The maximum atomic E-state index is 11.2. The van der Waals surface area contributed by atoms with Crippen molar-refractivity contribution in [2.24, 2.45) is 0 Å².